The van der Waals surface area contributed by atoms with E-state index in [4.69, 9.17) is 10.8 Å². The fourth-order valence-corrected chi connectivity index (χ4v) is 1.82. The van der Waals surface area contributed by atoms with Crippen LogP contribution in [0.1, 0.15) is 13.3 Å². The van der Waals surface area contributed by atoms with Gasteiger partial charge >= 0.3 is 5.97 Å². The number of rotatable bonds is 7. The molecule has 1 amide bonds. The van der Waals surface area contributed by atoms with Crippen molar-refractivity contribution in [3.05, 3.63) is 0 Å². The van der Waals surface area contributed by atoms with Gasteiger partial charge in [0.2, 0.25) is 5.91 Å². The molecule has 0 bridgehead atoms. The Kier molecular flexibility index (Phi) is 5.35. The molecule has 4 N–H and O–H groups in total. The molecule has 9 heteroatoms. The van der Waals surface area contributed by atoms with Crippen LogP contribution in [0.2, 0.25) is 0 Å². The van der Waals surface area contributed by atoms with Crippen molar-refractivity contribution < 1.29 is 23.1 Å². The number of primary amides is 1. The first-order valence-electron chi connectivity index (χ1n) is 4.41. The van der Waals surface area contributed by atoms with Gasteiger partial charge in [0.15, 0.2) is 0 Å². The van der Waals surface area contributed by atoms with Crippen LogP contribution in [0.3, 0.4) is 0 Å². The van der Waals surface area contributed by atoms with Crippen LogP contribution in [-0.4, -0.2) is 49.3 Å². The molecule has 0 aliphatic carbocycles. The van der Waals surface area contributed by atoms with E-state index in [2.05, 4.69) is 0 Å². The van der Waals surface area contributed by atoms with Gasteiger partial charge in [0.05, 0.1) is 12.5 Å². The zero-order valence-corrected chi connectivity index (χ0v) is 9.82. The van der Waals surface area contributed by atoms with E-state index in [-0.39, 0.29) is 13.0 Å². The minimum Gasteiger partial charge on any atom is -0.481 e. The van der Waals surface area contributed by atoms with Crippen molar-refractivity contribution in [1.29, 1.82) is 0 Å². The average molecular weight is 253 g/mol. The number of carbonyl (C=O) groups excluding carboxylic acids is 1. The summed E-state index contributed by atoms with van der Waals surface area (Å²) in [4.78, 5) is 20.9. The number of amides is 1. The van der Waals surface area contributed by atoms with Crippen molar-refractivity contribution in [1.82, 2.24) is 9.03 Å². The summed E-state index contributed by atoms with van der Waals surface area (Å²) in [6.45, 7) is 1.11. The van der Waals surface area contributed by atoms with Crippen LogP contribution in [0.25, 0.3) is 0 Å². The van der Waals surface area contributed by atoms with Crippen LogP contribution < -0.4 is 10.5 Å². The van der Waals surface area contributed by atoms with Gasteiger partial charge in [0.25, 0.3) is 10.2 Å². The van der Waals surface area contributed by atoms with Crippen LogP contribution in [-0.2, 0) is 19.8 Å². The van der Waals surface area contributed by atoms with Crippen LogP contribution in [0.5, 0.6) is 0 Å². The lowest BCUT2D eigenvalue weighted by Gasteiger charge is -2.18. The maximum absolute atomic E-state index is 11.5. The number of carboxylic acid groups (broad SMARTS) is 1. The molecule has 0 saturated carbocycles. The molecule has 1 atom stereocenters. The topological polar surface area (TPSA) is 130 Å². The molecule has 0 heterocycles. The third kappa shape index (κ3) is 5.05. The lowest BCUT2D eigenvalue weighted by molar-refractivity contribution is -0.137. The van der Waals surface area contributed by atoms with Crippen molar-refractivity contribution >= 4 is 22.1 Å². The highest BCUT2D eigenvalue weighted by Gasteiger charge is 2.22. The minimum atomic E-state index is -3.88. The standard InChI is InChI=1S/C7H15N3O5S/c1-5(7(8)13)9-16(14,15)10(2)4-3-6(11)12/h5,9H,3-4H2,1-2H3,(H2,8,13)(H,11,12). The van der Waals surface area contributed by atoms with Crippen LogP contribution in [0.15, 0.2) is 0 Å². The molecule has 0 aromatic rings. The average Bonchev–Trinajstić information content (AvgIpc) is 2.12. The van der Waals surface area contributed by atoms with Crippen molar-refractivity contribution in [2.45, 2.75) is 19.4 Å². The zero-order valence-electron chi connectivity index (χ0n) is 9.00. The molecule has 0 aromatic heterocycles. The molecule has 94 valence electrons. The zero-order chi connectivity index (χ0) is 12.9. The van der Waals surface area contributed by atoms with Crippen molar-refractivity contribution in [3.8, 4) is 0 Å². The molecule has 1 unspecified atom stereocenters. The van der Waals surface area contributed by atoms with E-state index in [0.717, 1.165) is 4.31 Å². The Morgan fingerprint density at radius 2 is 2.00 bits per heavy atom. The lowest BCUT2D eigenvalue weighted by Crippen LogP contribution is -2.48. The van der Waals surface area contributed by atoms with E-state index < -0.39 is 28.1 Å². The molecule has 0 aromatic carbocycles. The van der Waals surface area contributed by atoms with Gasteiger partial charge in [-0.3, -0.25) is 9.59 Å². The van der Waals surface area contributed by atoms with E-state index in [1.54, 1.807) is 0 Å². The summed E-state index contributed by atoms with van der Waals surface area (Å²) in [6.07, 6.45) is -0.317. The normalized spacial score (nSPS) is 13.7. The van der Waals surface area contributed by atoms with E-state index in [1.165, 1.54) is 14.0 Å². The van der Waals surface area contributed by atoms with Gasteiger partial charge in [-0.05, 0) is 6.92 Å². The van der Waals surface area contributed by atoms with Gasteiger partial charge in [-0.25, -0.2) is 0 Å². The van der Waals surface area contributed by atoms with Gasteiger partial charge in [0, 0.05) is 13.6 Å². The Hall–Kier alpha value is -1.19. The summed E-state index contributed by atoms with van der Waals surface area (Å²) >= 11 is 0. The number of hydrogen-bond donors (Lipinski definition) is 3. The van der Waals surface area contributed by atoms with E-state index in [0.29, 0.717) is 0 Å². The summed E-state index contributed by atoms with van der Waals surface area (Å²) in [6, 6.07) is -1.04. The first kappa shape index (κ1) is 14.8. The largest absolute Gasteiger partial charge is 0.481 e. The van der Waals surface area contributed by atoms with Gasteiger partial charge in [-0.1, -0.05) is 0 Å². The molecular formula is C7H15N3O5S. The van der Waals surface area contributed by atoms with E-state index in [9.17, 15) is 18.0 Å². The number of nitrogens with one attached hydrogen (secondary N) is 1. The molecule has 0 saturated heterocycles. The molecule has 0 spiro atoms. The molecule has 8 nitrogen and oxygen atoms in total. The molecule has 0 aliphatic heterocycles. The van der Waals surface area contributed by atoms with E-state index in [1.807, 2.05) is 4.72 Å². The Balaban J connectivity index is 4.43. The number of aliphatic carboxylic acids is 1. The third-order valence-corrected chi connectivity index (χ3v) is 3.46. The number of carboxylic acids is 1. The third-order valence-electron chi connectivity index (χ3n) is 1.80. The molecule has 0 rings (SSSR count). The summed E-state index contributed by atoms with van der Waals surface area (Å²) < 4.78 is 25.8. The van der Waals surface area contributed by atoms with Gasteiger partial charge in [-0.15, -0.1) is 0 Å². The second-order valence-electron chi connectivity index (χ2n) is 3.21. The predicted octanol–water partition coefficient (Wildman–Crippen LogP) is -1.90. The van der Waals surface area contributed by atoms with Crippen molar-refractivity contribution in [2.75, 3.05) is 13.6 Å². The molecule has 0 aliphatic rings. The smallest absolute Gasteiger partial charge is 0.304 e. The summed E-state index contributed by atoms with van der Waals surface area (Å²) in [5, 5.41) is 8.38. The monoisotopic (exact) mass is 253 g/mol. The molecule has 16 heavy (non-hydrogen) atoms. The second-order valence-corrected chi connectivity index (χ2v) is 5.02. The summed E-state index contributed by atoms with van der Waals surface area (Å²) in [5.41, 5.74) is 4.89. The summed E-state index contributed by atoms with van der Waals surface area (Å²) in [7, 11) is -2.67. The van der Waals surface area contributed by atoms with Gasteiger partial charge in [-0.2, -0.15) is 17.4 Å². The fraction of sp³-hybridized carbons (Fsp3) is 0.714. The quantitative estimate of drug-likeness (QED) is 0.488. The van der Waals surface area contributed by atoms with E-state index >= 15 is 0 Å². The molecule has 0 fully saturated rings. The highest BCUT2D eigenvalue weighted by atomic mass is 32.2. The van der Waals surface area contributed by atoms with Crippen LogP contribution in [0.4, 0.5) is 0 Å². The van der Waals surface area contributed by atoms with Crippen LogP contribution >= 0.6 is 0 Å². The maximum atomic E-state index is 11.5. The predicted molar refractivity (Wildman–Crippen MR) is 55.6 cm³/mol. The second kappa shape index (κ2) is 5.77. The Morgan fingerprint density at radius 3 is 2.38 bits per heavy atom. The number of nitrogens with zero attached hydrogens (tertiary/aromatic N) is 1. The van der Waals surface area contributed by atoms with Crippen molar-refractivity contribution in [2.24, 2.45) is 5.73 Å². The molecular weight excluding hydrogens is 238 g/mol. The number of nitrogens with two attached hydrogens (primary N) is 1. The Bertz CT molecular complexity index is 366. The minimum absolute atomic E-state index is 0.184. The number of carbonyl (C=O) groups is 2. The Labute approximate surface area is 93.6 Å². The van der Waals surface area contributed by atoms with Crippen LogP contribution in [0, 0.1) is 0 Å². The van der Waals surface area contributed by atoms with Gasteiger partial charge in [0.1, 0.15) is 0 Å². The fourth-order valence-electron chi connectivity index (χ4n) is 0.745. The molecule has 0 radical (unpaired) electrons. The highest BCUT2D eigenvalue weighted by molar-refractivity contribution is 7.87. The SMILES string of the molecule is CC(NS(=O)(=O)N(C)CCC(=O)O)C(N)=O. The highest BCUT2D eigenvalue weighted by Crippen LogP contribution is 1.97. The number of hydrogen-bond acceptors (Lipinski definition) is 4. The van der Waals surface area contributed by atoms with Crippen molar-refractivity contribution in [3.63, 3.8) is 0 Å². The first-order valence-corrected chi connectivity index (χ1v) is 5.85. The van der Waals surface area contributed by atoms with Gasteiger partial charge < -0.3 is 10.8 Å². The summed E-state index contributed by atoms with van der Waals surface area (Å²) in [5.74, 6) is -1.92. The lowest BCUT2D eigenvalue weighted by atomic mass is 10.4. The first-order chi connectivity index (χ1) is 7.16. The maximum Gasteiger partial charge on any atom is 0.304 e. The Morgan fingerprint density at radius 1 is 1.50 bits per heavy atom.